The monoisotopic (exact) mass is 234 g/mol. The zero-order chi connectivity index (χ0) is 12.4. The van der Waals surface area contributed by atoms with Crippen molar-refractivity contribution in [2.75, 3.05) is 0 Å². The summed E-state index contributed by atoms with van der Waals surface area (Å²) >= 11 is 0. The van der Waals surface area contributed by atoms with Crippen LogP contribution in [0.4, 0.5) is 0 Å². The van der Waals surface area contributed by atoms with Gasteiger partial charge in [-0.2, -0.15) is 0 Å². The predicted octanol–water partition coefficient (Wildman–Crippen LogP) is 1.02. The van der Waals surface area contributed by atoms with Crippen LogP contribution >= 0.6 is 0 Å². The SMILES string of the molecule is CC(=O)Oc1c(CC=O)ccc2c1C(=O)OC2. The van der Waals surface area contributed by atoms with E-state index >= 15 is 0 Å². The van der Waals surface area contributed by atoms with Crippen LogP contribution in [0.15, 0.2) is 12.1 Å². The van der Waals surface area contributed by atoms with Gasteiger partial charge in [-0.3, -0.25) is 4.79 Å². The molecule has 1 aromatic carbocycles. The molecule has 0 saturated carbocycles. The van der Waals surface area contributed by atoms with Gasteiger partial charge in [0.1, 0.15) is 24.2 Å². The number of cyclic esters (lactones) is 1. The molecule has 0 aliphatic carbocycles. The molecule has 0 N–H and O–H groups in total. The first-order chi connectivity index (χ1) is 8.13. The molecule has 0 bridgehead atoms. The second kappa shape index (κ2) is 4.37. The predicted molar refractivity (Wildman–Crippen MR) is 56.6 cm³/mol. The average molecular weight is 234 g/mol. The summed E-state index contributed by atoms with van der Waals surface area (Å²) in [5.41, 5.74) is 1.42. The fraction of sp³-hybridized carbons (Fsp3) is 0.250. The van der Waals surface area contributed by atoms with Gasteiger partial charge in [-0.05, 0) is 0 Å². The molecule has 0 fully saturated rings. The molecule has 88 valence electrons. The second-order valence-electron chi connectivity index (χ2n) is 3.63. The zero-order valence-electron chi connectivity index (χ0n) is 9.19. The number of carbonyl (C=O) groups is 3. The first-order valence-electron chi connectivity index (χ1n) is 5.07. The molecule has 5 heteroatoms. The maximum absolute atomic E-state index is 11.5. The summed E-state index contributed by atoms with van der Waals surface area (Å²) in [7, 11) is 0. The van der Waals surface area contributed by atoms with Gasteiger partial charge in [0.05, 0.1) is 0 Å². The fourth-order valence-electron chi connectivity index (χ4n) is 1.74. The molecule has 2 rings (SSSR count). The molecule has 0 radical (unpaired) electrons. The molecule has 0 amide bonds. The van der Waals surface area contributed by atoms with Crippen LogP contribution in [0.1, 0.15) is 28.4 Å². The summed E-state index contributed by atoms with van der Waals surface area (Å²) in [4.78, 5) is 33.1. The quantitative estimate of drug-likeness (QED) is 0.443. The van der Waals surface area contributed by atoms with Gasteiger partial charge in [0.25, 0.3) is 0 Å². The topological polar surface area (TPSA) is 69.7 Å². The van der Waals surface area contributed by atoms with Crippen molar-refractivity contribution in [1.82, 2.24) is 0 Å². The number of rotatable bonds is 3. The molecule has 1 aliphatic heterocycles. The van der Waals surface area contributed by atoms with Crippen LogP contribution in [0.5, 0.6) is 5.75 Å². The van der Waals surface area contributed by atoms with Crippen LogP contribution in [0, 0.1) is 0 Å². The highest BCUT2D eigenvalue weighted by molar-refractivity contribution is 5.97. The van der Waals surface area contributed by atoms with E-state index in [9.17, 15) is 14.4 Å². The largest absolute Gasteiger partial charge is 0.457 e. The third-order valence-electron chi connectivity index (χ3n) is 2.44. The number of carbonyl (C=O) groups excluding carboxylic acids is 3. The number of hydrogen-bond acceptors (Lipinski definition) is 5. The lowest BCUT2D eigenvalue weighted by Crippen LogP contribution is -2.09. The van der Waals surface area contributed by atoms with Gasteiger partial charge >= 0.3 is 11.9 Å². The molecule has 1 aliphatic rings. The van der Waals surface area contributed by atoms with Crippen LogP contribution < -0.4 is 4.74 Å². The normalized spacial score (nSPS) is 12.9. The minimum Gasteiger partial charge on any atom is -0.457 e. The van der Waals surface area contributed by atoms with E-state index in [0.29, 0.717) is 17.4 Å². The number of ether oxygens (including phenoxy) is 2. The van der Waals surface area contributed by atoms with Gasteiger partial charge in [0.2, 0.25) is 0 Å². The molecule has 0 saturated heterocycles. The Bertz CT molecular complexity index is 504. The van der Waals surface area contributed by atoms with Crippen molar-refractivity contribution in [2.45, 2.75) is 20.0 Å². The van der Waals surface area contributed by atoms with Gasteiger partial charge in [-0.1, -0.05) is 12.1 Å². The lowest BCUT2D eigenvalue weighted by molar-refractivity contribution is -0.132. The molecular weight excluding hydrogens is 224 g/mol. The Morgan fingerprint density at radius 3 is 2.94 bits per heavy atom. The van der Waals surface area contributed by atoms with E-state index in [4.69, 9.17) is 9.47 Å². The van der Waals surface area contributed by atoms with Gasteiger partial charge < -0.3 is 14.3 Å². The van der Waals surface area contributed by atoms with E-state index in [-0.39, 0.29) is 24.3 Å². The maximum Gasteiger partial charge on any atom is 0.342 e. The second-order valence-corrected chi connectivity index (χ2v) is 3.63. The van der Waals surface area contributed by atoms with Crippen LogP contribution in [-0.4, -0.2) is 18.2 Å². The van der Waals surface area contributed by atoms with E-state index < -0.39 is 11.9 Å². The Labute approximate surface area is 97.3 Å². The Kier molecular flexibility index (Phi) is 2.91. The van der Waals surface area contributed by atoms with Gasteiger partial charge in [0.15, 0.2) is 0 Å². The first kappa shape index (κ1) is 11.3. The third kappa shape index (κ3) is 2.04. The molecule has 0 spiro atoms. The highest BCUT2D eigenvalue weighted by atomic mass is 16.6. The smallest absolute Gasteiger partial charge is 0.342 e. The average Bonchev–Trinajstić information content (AvgIpc) is 2.64. The maximum atomic E-state index is 11.5. The van der Waals surface area contributed by atoms with Gasteiger partial charge in [-0.15, -0.1) is 0 Å². The van der Waals surface area contributed by atoms with Crippen molar-refractivity contribution in [3.05, 3.63) is 28.8 Å². The first-order valence-corrected chi connectivity index (χ1v) is 5.07. The summed E-state index contributed by atoms with van der Waals surface area (Å²) in [6, 6.07) is 3.36. The number of benzene rings is 1. The third-order valence-corrected chi connectivity index (χ3v) is 2.44. The Morgan fingerprint density at radius 1 is 1.53 bits per heavy atom. The highest BCUT2D eigenvalue weighted by Gasteiger charge is 2.28. The van der Waals surface area contributed by atoms with E-state index in [1.54, 1.807) is 12.1 Å². The summed E-state index contributed by atoms with van der Waals surface area (Å²) < 4.78 is 9.87. The van der Waals surface area contributed by atoms with Crippen molar-refractivity contribution >= 4 is 18.2 Å². The van der Waals surface area contributed by atoms with Crippen molar-refractivity contribution in [3.63, 3.8) is 0 Å². The van der Waals surface area contributed by atoms with Crippen LogP contribution in [0.3, 0.4) is 0 Å². The highest BCUT2D eigenvalue weighted by Crippen LogP contribution is 2.33. The summed E-state index contributed by atoms with van der Waals surface area (Å²) in [5, 5.41) is 0. The number of hydrogen-bond donors (Lipinski definition) is 0. The number of aldehydes is 1. The lowest BCUT2D eigenvalue weighted by Gasteiger charge is -2.09. The Morgan fingerprint density at radius 2 is 2.29 bits per heavy atom. The molecule has 1 heterocycles. The van der Waals surface area contributed by atoms with Crippen molar-refractivity contribution < 1.29 is 23.9 Å². The summed E-state index contributed by atoms with van der Waals surface area (Å²) in [6.45, 7) is 1.41. The standard InChI is InChI=1S/C12H10O5/c1-7(14)17-11-8(4-5-13)2-3-9-6-16-12(15)10(9)11/h2-3,5H,4,6H2,1H3. The van der Waals surface area contributed by atoms with Crippen LogP contribution in [0.2, 0.25) is 0 Å². The number of esters is 2. The molecule has 17 heavy (non-hydrogen) atoms. The van der Waals surface area contributed by atoms with Crippen molar-refractivity contribution in [3.8, 4) is 5.75 Å². The summed E-state index contributed by atoms with van der Waals surface area (Å²) in [5.74, 6) is -0.918. The van der Waals surface area contributed by atoms with Crippen molar-refractivity contribution in [2.24, 2.45) is 0 Å². The fourth-order valence-corrected chi connectivity index (χ4v) is 1.74. The minimum absolute atomic E-state index is 0.0865. The van der Waals surface area contributed by atoms with Crippen LogP contribution in [0.25, 0.3) is 0 Å². The molecule has 0 atom stereocenters. The molecule has 5 nitrogen and oxygen atoms in total. The number of fused-ring (bicyclic) bond motifs is 1. The Hall–Kier alpha value is -2.17. The molecule has 1 aromatic rings. The lowest BCUT2D eigenvalue weighted by atomic mass is 10.0. The van der Waals surface area contributed by atoms with E-state index in [1.807, 2.05) is 0 Å². The Balaban J connectivity index is 2.56. The van der Waals surface area contributed by atoms with E-state index in [2.05, 4.69) is 0 Å². The molecule has 0 unspecified atom stereocenters. The molecular formula is C12H10O5. The van der Waals surface area contributed by atoms with Gasteiger partial charge in [-0.25, -0.2) is 4.79 Å². The van der Waals surface area contributed by atoms with E-state index in [1.165, 1.54) is 6.92 Å². The van der Waals surface area contributed by atoms with Gasteiger partial charge in [0, 0.05) is 24.5 Å². The minimum atomic E-state index is -0.537. The molecule has 0 aromatic heterocycles. The zero-order valence-corrected chi connectivity index (χ0v) is 9.19. The van der Waals surface area contributed by atoms with Crippen LogP contribution in [-0.2, 0) is 27.4 Å². The van der Waals surface area contributed by atoms with Crippen molar-refractivity contribution in [1.29, 1.82) is 0 Å². The summed E-state index contributed by atoms with van der Waals surface area (Å²) in [6.07, 6.45) is 0.776. The van der Waals surface area contributed by atoms with E-state index in [0.717, 1.165) is 0 Å².